The molecule has 3 amide bonds. The van der Waals surface area contributed by atoms with E-state index in [1.165, 1.54) is 4.90 Å². The van der Waals surface area contributed by atoms with Crippen LogP contribution in [0.25, 0.3) is 0 Å². The first-order valence-electron chi connectivity index (χ1n) is 5.01. The van der Waals surface area contributed by atoms with Crippen LogP contribution in [0.1, 0.15) is 0 Å². The Labute approximate surface area is 92.0 Å². The fraction of sp³-hybridized carbons (Fsp3) is 0.667. The van der Waals surface area contributed by atoms with Crippen LogP contribution in [-0.4, -0.2) is 65.5 Å². The minimum Gasteiger partial charge on any atom is -0.465 e. The van der Waals surface area contributed by atoms with Gasteiger partial charge in [0.1, 0.15) is 0 Å². The molecule has 7 heteroatoms. The number of likely N-dealkylation sites (N-methyl/N-ethyl adjacent to an activating group) is 1. The Kier molecular flexibility index (Phi) is 2.45. The van der Waals surface area contributed by atoms with E-state index in [0.29, 0.717) is 0 Å². The second-order valence-corrected chi connectivity index (χ2v) is 4.16. The smallest absolute Gasteiger partial charge is 0.407 e. The molecule has 88 valence electrons. The van der Waals surface area contributed by atoms with Crippen molar-refractivity contribution in [1.29, 1.82) is 0 Å². The number of carbonyl (C=O) groups excluding carboxylic acids is 2. The minimum atomic E-state index is -1.06. The molecule has 2 N–H and O–H groups in total. The Bertz CT molecular complexity index is 357. The van der Waals surface area contributed by atoms with Gasteiger partial charge in [0.25, 0.3) is 0 Å². The Morgan fingerprint density at radius 3 is 2.75 bits per heavy atom. The molecule has 0 aliphatic carbocycles. The van der Waals surface area contributed by atoms with E-state index in [1.807, 2.05) is 0 Å². The van der Waals surface area contributed by atoms with Crippen molar-refractivity contribution in [2.45, 2.75) is 6.04 Å². The van der Waals surface area contributed by atoms with E-state index in [9.17, 15) is 14.4 Å². The zero-order valence-corrected chi connectivity index (χ0v) is 8.84. The number of nitrogens with one attached hydrogen (secondary N) is 1. The van der Waals surface area contributed by atoms with Gasteiger partial charge in [0.2, 0.25) is 11.8 Å². The zero-order chi connectivity index (χ0) is 11.9. The summed E-state index contributed by atoms with van der Waals surface area (Å²) >= 11 is 0. The van der Waals surface area contributed by atoms with Crippen LogP contribution < -0.4 is 5.32 Å². The number of hydrogen-bond acceptors (Lipinski definition) is 3. The number of fused-ring (bicyclic) bond motifs is 1. The highest BCUT2D eigenvalue weighted by molar-refractivity contribution is 5.90. The number of amides is 3. The van der Waals surface area contributed by atoms with Crippen LogP contribution in [0, 0.1) is 5.92 Å². The summed E-state index contributed by atoms with van der Waals surface area (Å²) in [5, 5.41) is 11.5. The third kappa shape index (κ3) is 1.68. The van der Waals surface area contributed by atoms with Gasteiger partial charge in [-0.15, -0.1) is 0 Å². The number of rotatable bonds is 0. The molecule has 2 unspecified atom stereocenters. The maximum atomic E-state index is 11.9. The summed E-state index contributed by atoms with van der Waals surface area (Å²) in [7, 11) is 1.55. The number of hydrogen-bond donors (Lipinski definition) is 2. The summed E-state index contributed by atoms with van der Waals surface area (Å²) in [5.41, 5.74) is 0. The topological polar surface area (TPSA) is 90.0 Å². The third-order valence-electron chi connectivity index (χ3n) is 3.01. The molecule has 0 aromatic rings. The van der Waals surface area contributed by atoms with E-state index < -0.39 is 12.0 Å². The molecule has 0 aromatic heterocycles. The van der Waals surface area contributed by atoms with Crippen LogP contribution in [0.3, 0.4) is 0 Å². The molecule has 2 heterocycles. The van der Waals surface area contributed by atoms with Gasteiger partial charge in [-0.05, 0) is 0 Å². The van der Waals surface area contributed by atoms with Crippen molar-refractivity contribution in [3.05, 3.63) is 0 Å². The maximum absolute atomic E-state index is 11.9. The van der Waals surface area contributed by atoms with Gasteiger partial charge in [-0.2, -0.15) is 0 Å². The zero-order valence-electron chi connectivity index (χ0n) is 8.84. The number of likely N-dealkylation sites (tertiary alicyclic amines) is 1. The van der Waals surface area contributed by atoms with Gasteiger partial charge in [0, 0.05) is 20.1 Å². The van der Waals surface area contributed by atoms with Gasteiger partial charge in [-0.1, -0.05) is 0 Å². The molecule has 2 aliphatic heterocycles. The summed E-state index contributed by atoms with van der Waals surface area (Å²) in [6.07, 6.45) is -1.06. The van der Waals surface area contributed by atoms with Crippen molar-refractivity contribution < 1.29 is 19.5 Å². The first-order valence-corrected chi connectivity index (χ1v) is 5.01. The molecule has 2 aliphatic rings. The van der Waals surface area contributed by atoms with Crippen molar-refractivity contribution in [1.82, 2.24) is 15.1 Å². The lowest BCUT2D eigenvalue weighted by atomic mass is 10.0. The molecular weight excluding hydrogens is 214 g/mol. The van der Waals surface area contributed by atoms with Gasteiger partial charge in [-0.25, -0.2) is 4.79 Å². The summed E-state index contributed by atoms with van der Waals surface area (Å²) in [6.45, 7) is 0.383. The molecule has 2 saturated heterocycles. The summed E-state index contributed by atoms with van der Waals surface area (Å²) in [5.74, 6) is -0.866. The van der Waals surface area contributed by atoms with Crippen molar-refractivity contribution in [3.63, 3.8) is 0 Å². The average Bonchev–Trinajstić information content (AvgIpc) is 2.56. The largest absolute Gasteiger partial charge is 0.465 e. The van der Waals surface area contributed by atoms with E-state index in [1.54, 1.807) is 7.05 Å². The first-order chi connectivity index (χ1) is 7.49. The van der Waals surface area contributed by atoms with Crippen LogP contribution in [0.15, 0.2) is 0 Å². The van der Waals surface area contributed by atoms with E-state index in [0.717, 1.165) is 4.90 Å². The summed E-state index contributed by atoms with van der Waals surface area (Å²) < 4.78 is 0. The Morgan fingerprint density at radius 1 is 1.44 bits per heavy atom. The SMILES string of the molecule is CN1CC(=O)NC2CN(C(=O)O)CC2C1=O. The van der Waals surface area contributed by atoms with Crippen LogP contribution in [0.2, 0.25) is 0 Å². The first kappa shape index (κ1) is 10.7. The van der Waals surface area contributed by atoms with Crippen molar-refractivity contribution in [3.8, 4) is 0 Å². The van der Waals surface area contributed by atoms with Crippen LogP contribution in [0.4, 0.5) is 4.79 Å². The normalized spacial score (nSPS) is 29.8. The molecule has 0 saturated carbocycles. The number of carbonyl (C=O) groups is 3. The molecular formula is C9H13N3O4. The van der Waals surface area contributed by atoms with Gasteiger partial charge in [-0.3, -0.25) is 9.59 Å². The summed E-state index contributed by atoms with van der Waals surface area (Å²) in [6, 6.07) is -0.388. The van der Waals surface area contributed by atoms with Crippen LogP contribution in [0.5, 0.6) is 0 Å². The van der Waals surface area contributed by atoms with E-state index in [2.05, 4.69) is 5.32 Å². The van der Waals surface area contributed by atoms with Crippen molar-refractivity contribution in [2.75, 3.05) is 26.7 Å². The predicted molar refractivity (Wildman–Crippen MR) is 52.7 cm³/mol. The highest BCUT2D eigenvalue weighted by Crippen LogP contribution is 2.21. The van der Waals surface area contributed by atoms with Gasteiger partial charge < -0.3 is 20.2 Å². The monoisotopic (exact) mass is 227 g/mol. The minimum absolute atomic E-state index is 0.0406. The fourth-order valence-electron chi connectivity index (χ4n) is 2.19. The molecule has 16 heavy (non-hydrogen) atoms. The highest BCUT2D eigenvalue weighted by atomic mass is 16.4. The average molecular weight is 227 g/mol. The van der Waals surface area contributed by atoms with E-state index in [4.69, 9.17) is 5.11 Å². The van der Waals surface area contributed by atoms with E-state index in [-0.39, 0.29) is 37.5 Å². The Hall–Kier alpha value is -1.79. The van der Waals surface area contributed by atoms with Crippen LogP contribution in [-0.2, 0) is 9.59 Å². The molecule has 0 spiro atoms. The third-order valence-corrected chi connectivity index (χ3v) is 3.01. The molecule has 0 bridgehead atoms. The second-order valence-electron chi connectivity index (χ2n) is 4.16. The van der Waals surface area contributed by atoms with Gasteiger partial charge in [0.15, 0.2) is 0 Å². The lowest BCUT2D eigenvalue weighted by Gasteiger charge is -2.17. The Balaban J connectivity index is 2.19. The van der Waals surface area contributed by atoms with Crippen molar-refractivity contribution >= 4 is 17.9 Å². The fourth-order valence-corrected chi connectivity index (χ4v) is 2.19. The Morgan fingerprint density at radius 2 is 2.12 bits per heavy atom. The lowest BCUT2D eigenvalue weighted by Crippen LogP contribution is -2.40. The maximum Gasteiger partial charge on any atom is 0.407 e. The molecule has 2 rings (SSSR count). The predicted octanol–water partition coefficient (Wildman–Crippen LogP) is -1.45. The molecule has 0 aromatic carbocycles. The van der Waals surface area contributed by atoms with Gasteiger partial charge >= 0.3 is 6.09 Å². The number of nitrogens with zero attached hydrogens (tertiary/aromatic N) is 2. The molecule has 7 nitrogen and oxygen atoms in total. The van der Waals surface area contributed by atoms with Gasteiger partial charge in [0.05, 0.1) is 18.5 Å². The quantitative estimate of drug-likeness (QED) is 0.530. The molecule has 2 atom stereocenters. The van der Waals surface area contributed by atoms with E-state index >= 15 is 0 Å². The molecule has 0 radical (unpaired) electrons. The standard InChI is InChI=1S/C9H13N3O4/c1-11-4-7(13)10-6-3-12(9(15)16)2-5(6)8(11)14/h5-6H,2-4H2,1H3,(H,10,13)(H,15,16). The second kappa shape index (κ2) is 3.66. The lowest BCUT2D eigenvalue weighted by molar-refractivity contribution is -0.135. The number of carboxylic acid groups (broad SMARTS) is 1. The molecule has 2 fully saturated rings. The van der Waals surface area contributed by atoms with Crippen molar-refractivity contribution in [2.24, 2.45) is 5.92 Å². The van der Waals surface area contributed by atoms with Crippen LogP contribution >= 0.6 is 0 Å². The summed E-state index contributed by atoms with van der Waals surface area (Å²) in [4.78, 5) is 36.5. The highest BCUT2D eigenvalue weighted by Gasteiger charge is 2.43.